The molecule has 0 radical (unpaired) electrons. The van der Waals surface area contributed by atoms with Gasteiger partial charge in [0.15, 0.2) is 0 Å². The van der Waals surface area contributed by atoms with Crippen molar-refractivity contribution in [3.8, 4) is 5.75 Å². The highest BCUT2D eigenvalue weighted by atomic mass is 32.1. The largest absolute Gasteiger partial charge is 0.506 e. The Hall–Kier alpha value is -4.34. The number of carbonyl (C=O) groups is 3. The molecule has 0 saturated heterocycles. The van der Waals surface area contributed by atoms with E-state index in [4.69, 9.17) is 20.7 Å². The van der Waals surface area contributed by atoms with Crippen LogP contribution >= 0.6 is 11.3 Å². The Morgan fingerprint density at radius 2 is 1.66 bits per heavy atom. The normalized spacial score (nSPS) is 11.8. The summed E-state index contributed by atoms with van der Waals surface area (Å²) < 4.78 is 6.70. The second-order valence-electron chi connectivity index (χ2n) is 11.7. The fourth-order valence-electron chi connectivity index (χ4n) is 5.38. The first-order valence-corrected chi connectivity index (χ1v) is 17.6. The summed E-state index contributed by atoms with van der Waals surface area (Å²) in [6.45, 7) is 10.7. The number of ether oxygens (including phenoxy) is 1. The predicted octanol–water partition coefficient (Wildman–Crippen LogP) is 3.27. The van der Waals surface area contributed by atoms with Gasteiger partial charge in [0.05, 0.1) is 30.8 Å². The Kier molecular flexibility index (Phi) is 16.8. The number of phenolic OH excluding ortho intramolecular Hbond substituents is 1. The summed E-state index contributed by atoms with van der Waals surface area (Å²) >= 11 is 1.12. The first-order valence-electron chi connectivity index (χ1n) is 16.8. The average molecular weight is 712 g/mol. The van der Waals surface area contributed by atoms with Gasteiger partial charge in [0, 0.05) is 26.2 Å². The topological polar surface area (TPSA) is 199 Å². The third-order valence-corrected chi connectivity index (χ3v) is 9.23. The Morgan fingerprint density at radius 1 is 0.920 bits per heavy atom. The van der Waals surface area contributed by atoms with E-state index in [-0.39, 0.29) is 16.5 Å². The minimum absolute atomic E-state index is 0.0926. The fraction of sp³-hybridized carbons (Fsp3) is 0.444. The number of nitrogens with zero attached hydrogens (tertiary/aromatic N) is 2. The van der Waals surface area contributed by atoms with E-state index in [0.717, 1.165) is 54.1 Å². The maximum Gasteiger partial charge on any atom is 0.321 e. The lowest BCUT2D eigenvalue weighted by Gasteiger charge is -2.27. The highest BCUT2D eigenvalue weighted by molar-refractivity contribution is 7.16. The van der Waals surface area contributed by atoms with Gasteiger partial charge >= 0.3 is 16.8 Å². The first-order chi connectivity index (χ1) is 24.0. The number of aromatic amines is 1. The number of carboxylic acid groups (broad SMARTS) is 2. The molecule has 4 rings (SSSR count). The number of fused-ring (bicyclic) bond motifs is 2. The number of aromatic hydroxyl groups is 1. The van der Waals surface area contributed by atoms with E-state index in [0.29, 0.717) is 51.3 Å². The predicted molar refractivity (Wildman–Crippen MR) is 196 cm³/mol. The van der Waals surface area contributed by atoms with Crippen molar-refractivity contribution in [2.75, 3.05) is 59.0 Å². The third-order valence-electron chi connectivity index (χ3n) is 8.27. The van der Waals surface area contributed by atoms with Gasteiger partial charge in [-0.1, -0.05) is 73.7 Å². The molecule has 0 bridgehead atoms. The van der Waals surface area contributed by atoms with E-state index in [1.807, 2.05) is 11.0 Å². The van der Waals surface area contributed by atoms with Gasteiger partial charge in [-0.05, 0) is 60.4 Å². The van der Waals surface area contributed by atoms with Crippen molar-refractivity contribution in [1.29, 1.82) is 0 Å². The Morgan fingerprint density at radius 3 is 2.36 bits per heavy atom. The number of benzene rings is 3. The number of nitrogens with one attached hydrogen (secondary N) is 2. The molecule has 0 unspecified atom stereocenters. The van der Waals surface area contributed by atoms with Crippen LogP contribution in [0.4, 0.5) is 0 Å². The van der Waals surface area contributed by atoms with E-state index in [1.54, 1.807) is 6.07 Å². The van der Waals surface area contributed by atoms with Gasteiger partial charge in [-0.15, -0.1) is 0 Å². The number of hydrogen-bond donors (Lipinski definition) is 6. The number of likely N-dealkylation sites (N-methyl/N-ethyl adjacent to an activating group) is 1. The van der Waals surface area contributed by atoms with E-state index in [9.17, 15) is 24.3 Å². The van der Waals surface area contributed by atoms with E-state index >= 15 is 0 Å². The molecular weight excluding hydrogens is 662 g/mol. The quantitative estimate of drug-likeness (QED) is 0.0736. The highest BCUT2D eigenvalue weighted by Gasteiger charge is 2.16. The lowest BCUT2D eigenvalue weighted by molar-refractivity contribution is -0.144. The van der Waals surface area contributed by atoms with E-state index in [2.05, 4.69) is 71.5 Å². The molecule has 272 valence electrons. The number of aliphatic carboxylic acids is 2. The van der Waals surface area contributed by atoms with Gasteiger partial charge in [0.25, 0.3) is 0 Å². The molecule has 1 aromatic heterocycles. The van der Waals surface area contributed by atoms with Crippen molar-refractivity contribution >= 4 is 50.2 Å². The van der Waals surface area contributed by atoms with Crippen molar-refractivity contribution in [2.45, 2.75) is 45.6 Å². The molecule has 0 fully saturated rings. The fourth-order valence-corrected chi connectivity index (χ4v) is 6.28. The molecule has 1 heterocycles. The number of carbonyl (C=O) groups excluding carboxylic acids is 1. The van der Waals surface area contributed by atoms with Crippen LogP contribution in [0.5, 0.6) is 5.75 Å². The molecule has 0 spiro atoms. The molecule has 13 nitrogen and oxygen atoms in total. The SMILES string of the molecule is CCN(CC)CCN(CCNCCc1ccc(O)c2[nH]c(=O)sc12)C(=O)CCOCCc1cccc2ccccc12.N[C@@H](CC(=O)O)C(=O)O. The highest BCUT2D eigenvalue weighted by Crippen LogP contribution is 2.27. The second-order valence-corrected chi connectivity index (χ2v) is 12.6. The number of thiazole rings is 1. The zero-order chi connectivity index (χ0) is 36.5. The van der Waals surface area contributed by atoms with Gasteiger partial charge in [-0.3, -0.25) is 19.2 Å². The van der Waals surface area contributed by atoms with Crippen molar-refractivity contribution in [3.05, 3.63) is 75.4 Å². The summed E-state index contributed by atoms with van der Waals surface area (Å²) in [5.74, 6) is -2.29. The molecule has 7 N–H and O–H groups in total. The zero-order valence-corrected chi connectivity index (χ0v) is 29.5. The minimum atomic E-state index is -1.29. The number of H-pyrrole nitrogens is 1. The lowest BCUT2D eigenvalue weighted by atomic mass is 10.0. The summed E-state index contributed by atoms with van der Waals surface area (Å²) in [5.41, 5.74) is 7.62. The van der Waals surface area contributed by atoms with Gasteiger partial charge in [-0.2, -0.15) is 0 Å². The zero-order valence-electron chi connectivity index (χ0n) is 28.7. The third kappa shape index (κ3) is 12.8. The molecule has 50 heavy (non-hydrogen) atoms. The van der Waals surface area contributed by atoms with Crippen LogP contribution in [0.1, 0.15) is 37.8 Å². The van der Waals surface area contributed by atoms with Crippen LogP contribution in [0.25, 0.3) is 21.0 Å². The van der Waals surface area contributed by atoms with Gasteiger partial charge < -0.3 is 45.9 Å². The van der Waals surface area contributed by atoms with Crippen LogP contribution in [0.15, 0.2) is 59.4 Å². The minimum Gasteiger partial charge on any atom is -0.506 e. The van der Waals surface area contributed by atoms with Crippen LogP contribution in [0.3, 0.4) is 0 Å². The summed E-state index contributed by atoms with van der Waals surface area (Å²) in [6.07, 6.45) is 1.38. The lowest BCUT2D eigenvalue weighted by Crippen LogP contribution is -2.42. The number of hydrogen-bond acceptors (Lipinski definition) is 10. The molecule has 1 atom stereocenters. The number of rotatable bonds is 20. The summed E-state index contributed by atoms with van der Waals surface area (Å²) in [7, 11) is 0. The van der Waals surface area contributed by atoms with Crippen LogP contribution < -0.4 is 15.9 Å². The monoisotopic (exact) mass is 711 g/mol. The number of amides is 1. The number of aromatic nitrogens is 1. The Bertz CT molecular complexity index is 1730. The molecule has 14 heteroatoms. The van der Waals surface area contributed by atoms with Crippen LogP contribution in [-0.2, 0) is 32.0 Å². The van der Waals surface area contributed by atoms with Crippen molar-refractivity contribution < 1.29 is 34.4 Å². The maximum atomic E-state index is 13.2. The molecule has 4 aromatic rings. The average Bonchev–Trinajstić information content (AvgIpc) is 3.50. The maximum absolute atomic E-state index is 13.2. The molecule has 0 aliphatic rings. The van der Waals surface area contributed by atoms with Crippen molar-refractivity contribution in [1.82, 2.24) is 20.1 Å². The number of phenols is 1. The second kappa shape index (κ2) is 21.0. The first kappa shape index (κ1) is 40.1. The number of nitrogens with two attached hydrogens (primary N) is 1. The van der Waals surface area contributed by atoms with Crippen LogP contribution in [-0.4, -0.2) is 113 Å². The molecule has 0 aliphatic heterocycles. The van der Waals surface area contributed by atoms with Crippen LogP contribution in [0.2, 0.25) is 0 Å². The smallest absolute Gasteiger partial charge is 0.321 e. The number of carboxylic acids is 2. The van der Waals surface area contributed by atoms with Crippen molar-refractivity contribution in [3.63, 3.8) is 0 Å². The molecule has 0 saturated carbocycles. The van der Waals surface area contributed by atoms with Gasteiger partial charge in [-0.25, -0.2) is 0 Å². The van der Waals surface area contributed by atoms with E-state index < -0.39 is 24.4 Å². The molecule has 0 aliphatic carbocycles. The van der Waals surface area contributed by atoms with E-state index in [1.165, 1.54) is 16.3 Å². The summed E-state index contributed by atoms with van der Waals surface area (Å²) in [6, 6.07) is 16.9. The van der Waals surface area contributed by atoms with Crippen LogP contribution in [0, 0.1) is 0 Å². The standard InChI is InChI=1S/C32H42N4O4S.C4H7NO4/c1-3-35(4-2)20-21-36(19-18-33-17-14-26-12-13-28(37)30-31(26)41-32(39)34-30)29(38)16-23-40-22-15-25-10-7-9-24-8-5-6-11-27(24)25;5-2(4(8)9)1-3(6)7/h5-13,33,37H,3-4,14-23H2,1-2H3,(H,34,39);2H,1,5H2,(H,6,7)(H,8,9)/t;2-/m.0/s1. The Balaban J connectivity index is 0.000000661. The van der Waals surface area contributed by atoms with Gasteiger partial charge in [0.2, 0.25) is 5.91 Å². The molecule has 1 amide bonds. The molecular formula is C36H49N5O8S. The summed E-state index contributed by atoms with van der Waals surface area (Å²) in [5, 5.41) is 32.0. The van der Waals surface area contributed by atoms with Gasteiger partial charge in [0.1, 0.15) is 17.3 Å². The Labute approximate surface area is 295 Å². The molecule has 3 aromatic carbocycles. The van der Waals surface area contributed by atoms with Crippen molar-refractivity contribution in [2.24, 2.45) is 5.73 Å². The summed E-state index contributed by atoms with van der Waals surface area (Å²) in [4.78, 5) is 51.3.